The van der Waals surface area contributed by atoms with Crippen LogP contribution in [0, 0.1) is 11.3 Å². The maximum atomic E-state index is 9.29. The van der Waals surface area contributed by atoms with Crippen molar-refractivity contribution in [2.45, 2.75) is 18.8 Å². The van der Waals surface area contributed by atoms with Crippen molar-refractivity contribution >= 4 is 28.5 Å². The van der Waals surface area contributed by atoms with E-state index in [4.69, 9.17) is 10.7 Å². The van der Waals surface area contributed by atoms with E-state index in [9.17, 15) is 5.26 Å². The summed E-state index contributed by atoms with van der Waals surface area (Å²) in [4.78, 5) is 5.21. The molecule has 3 heteroatoms. The molecule has 0 atom stereocenters. The van der Waals surface area contributed by atoms with Crippen molar-refractivity contribution in [3.05, 3.63) is 179 Å². The van der Waals surface area contributed by atoms with Crippen LogP contribution in [0.2, 0.25) is 0 Å². The van der Waals surface area contributed by atoms with Crippen LogP contribution in [0.5, 0.6) is 0 Å². The fraction of sp³-hybridized carbons (Fsp3) is 0.0667. The van der Waals surface area contributed by atoms with Crippen molar-refractivity contribution < 1.29 is 0 Å². The largest absolute Gasteiger partial charge is 0.405 e. The first kappa shape index (κ1) is 29.2. The van der Waals surface area contributed by atoms with Gasteiger partial charge in [0.1, 0.15) is 0 Å². The van der Waals surface area contributed by atoms with Gasteiger partial charge in [-0.1, -0.05) is 122 Å². The van der Waals surface area contributed by atoms with Crippen molar-refractivity contribution in [1.29, 1.82) is 5.26 Å². The van der Waals surface area contributed by atoms with E-state index in [-0.39, 0.29) is 6.42 Å². The summed E-state index contributed by atoms with van der Waals surface area (Å²) in [6.07, 6.45) is 11.7. The Balaban J connectivity index is 1.53. The summed E-state index contributed by atoms with van der Waals surface area (Å²) in [5, 5.41) is 11.6. The lowest BCUT2D eigenvalue weighted by Gasteiger charge is -2.31. The predicted molar refractivity (Wildman–Crippen MR) is 200 cm³/mol. The number of fused-ring (bicyclic) bond motifs is 12. The molecule has 5 aromatic carbocycles. The Morgan fingerprint density at radius 3 is 2.19 bits per heavy atom. The molecule has 228 valence electrons. The summed E-state index contributed by atoms with van der Waals surface area (Å²) in [5.74, 6) is 0. The molecule has 8 rings (SSSR count). The third kappa shape index (κ3) is 4.03. The van der Waals surface area contributed by atoms with Crippen LogP contribution in [0.25, 0.3) is 62.0 Å². The van der Waals surface area contributed by atoms with E-state index in [2.05, 4.69) is 129 Å². The van der Waals surface area contributed by atoms with E-state index in [1.165, 1.54) is 56.1 Å². The van der Waals surface area contributed by atoms with Crippen molar-refractivity contribution in [1.82, 2.24) is 4.98 Å². The van der Waals surface area contributed by atoms with E-state index in [1.807, 2.05) is 24.3 Å². The van der Waals surface area contributed by atoms with E-state index in [0.717, 1.165) is 39.0 Å². The average molecular weight is 616 g/mol. The lowest BCUT2D eigenvalue weighted by molar-refractivity contribution is 0.794. The van der Waals surface area contributed by atoms with E-state index >= 15 is 0 Å². The van der Waals surface area contributed by atoms with Crippen LogP contribution in [0.1, 0.15) is 52.4 Å². The summed E-state index contributed by atoms with van der Waals surface area (Å²) >= 11 is 0. The highest BCUT2D eigenvalue weighted by atomic mass is 14.7. The third-order valence-corrected chi connectivity index (χ3v) is 9.89. The van der Waals surface area contributed by atoms with Gasteiger partial charge in [0, 0.05) is 5.56 Å². The third-order valence-electron chi connectivity index (χ3n) is 9.89. The standard InChI is InChI=1S/C45H33N3/c1-3-13-29-23-24-39-43(31(29)4-2)44-35-18-6-5-15-32(35)36(42-22-11-21-41(48-42)30(25-27-47)14-12-26-46)28-40(44)45(39)37-19-9-7-16-33(37)34-17-8-10-20-38(34)45/h3-11,13-25,27-28H,2,12,47H2,1H3/b13-3-,27-25-,30-14+. The fourth-order valence-electron chi connectivity index (χ4n) is 8.14. The molecule has 48 heavy (non-hydrogen) atoms. The Bertz CT molecular complexity index is 2390. The normalized spacial score (nSPS) is 13.9. The molecule has 0 aliphatic heterocycles. The van der Waals surface area contributed by atoms with Gasteiger partial charge in [0.2, 0.25) is 0 Å². The molecule has 1 aromatic heterocycles. The molecule has 0 fully saturated rings. The van der Waals surface area contributed by atoms with Gasteiger partial charge in [-0.25, -0.2) is 4.98 Å². The van der Waals surface area contributed by atoms with Crippen molar-refractivity contribution in [3.8, 4) is 39.6 Å². The highest BCUT2D eigenvalue weighted by Crippen LogP contribution is 2.65. The van der Waals surface area contributed by atoms with E-state index in [0.29, 0.717) is 0 Å². The first-order valence-corrected chi connectivity index (χ1v) is 16.3. The SMILES string of the molecule is C=Cc1c(/C=C\C)ccc2c1-c1c(cc(-c3cccc(C(/C=C\N)=C/CC#N)n3)c3ccccc13)C21c2ccccc2-c2ccccc21. The Kier molecular flexibility index (Phi) is 7.01. The van der Waals surface area contributed by atoms with Gasteiger partial charge in [-0.05, 0) is 109 Å². The van der Waals surface area contributed by atoms with Crippen LogP contribution in [0.3, 0.4) is 0 Å². The molecule has 2 aliphatic carbocycles. The Hall–Kier alpha value is -6.24. The molecule has 0 unspecified atom stereocenters. The minimum Gasteiger partial charge on any atom is -0.405 e. The Morgan fingerprint density at radius 1 is 0.792 bits per heavy atom. The molecule has 0 amide bonds. The van der Waals surface area contributed by atoms with Crippen molar-refractivity contribution in [3.63, 3.8) is 0 Å². The van der Waals surface area contributed by atoms with E-state index in [1.54, 1.807) is 6.08 Å². The predicted octanol–water partition coefficient (Wildman–Crippen LogP) is 10.7. The molecule has 3 nitrogen and oxygen atoms in total. The van der Waals surface area contributed by atoms with Crippen LogP contribution in [0.4, 0.5) is 0 Å². The van der Waals surface area contributed by atoms with Crippen LogP contribution in [-0.2, 0) is 5.41 Å². The lowest BCUT2D eigenvalue weighted by atomic mass is 9.70. The summed E-state index contributed by atoms with van der Waals surface area (Å²) in [6, 6.07) is 41.7. The zero-order chi connectivity index (χ0) is 32.8. The maximum absolute atomic E-state index is 9.29. The summed E-state index contributed by atoms with van der Waals surface area (Å²) in [6.45, 7) is 6.41. The fourth-order valence-corrected chi connectivity index (χ4v) is 8.14. The average Bonchev–Trinajstić information content (AvgIpc) is 3.60. The second kappa shape index (κ2) is 11.5. The van der Waals surface area contributed by atoms with Crippen LogP contribution in [0.15, 0.2) is 140 Å². The Labute approximate surface area is 281 Å². The van der Waals surface area contributed by atoms with Gasteiger partial charge in [0.15, 0.2) is 0 Å². The van der Waals surface area contributed by atoms with Gasteiger partial charge in [-0.15, -0.1) is 0 Å². The minimum atomic E-state index is -0.527. The number of nitrogens with zero attached hydrogens (tertiary/aromatic N) is 2. The molecular weight excluding hydrogens is 583 g/mol. The van der Waals surface area contributed by atoms with Gasteiger partial charge >= 0.3 is 0 Å². The van der Waals surface area contributed by atoms with E-state index < -0.39 is 5.41 Å². The van der Waals surface area contributed by atoms with Crippen LogP contribution in [-0.4, -0.2) is 4.98 Å². The molecule has 6 aromatic rings. The molecular formula is C45H33N3. The highest BCUT2D eigenvalue weighted by molar-refractivity contribution is 6.12. The number of nitriles is 1. The molecule has 0 saturated carbocycles. The zero-order valence-electron chi connectivity index (χ0n) is 26.7. The molecule has 0 bridgehead atoms. The monoisotopic (exact) mass is 615 g/mol. The first-order valence-electron chi connectivity index (χ1n) is 16.3. The van der Waals surface area contributed by atoms with Gasteiger partial charge in [0.25, 0.3) is 0 Å². The number of pyridine rings is 1. The second-order valence-electron chi connectivity index (χ2n) is 12.2. The number of hydrogen-bond acceptors (Lipinski definition) is 3. The summed E-state index contributed by atoms with van der Waals surface area (Å²) in [5.41, 5.74) is 21.2. The van der Waals surface area contributed by atoms with Gasteiger partial charge in [0.05, 0.1) is 29.3 Å². The number of allylic oxidation sites excluding steroid dienone is 4. The number of nitrogens with two attached hydrogens (primary N) is 1. The number of aromatic nitrogens is 1. The maximum Gasteiger partial charge on any atom is 0.0726 e. The van der Waals surface area contributed by atoms with Crippen molar-refractivity contribution in [2.24, 2.45) is 5.73 Å². The molecule has 0 saturated heterocycles. The summed E-state index contributed by atoms with van der Waals surface area (Å²) in [7, 11) is 0. The highest BCUT2D eigenvalue weighted by Gasteiger charge is 2.52. The van der Waals surface area contributed by atoms with Gasteiger partial charge < -0.3 is 5.73 Å². The van der Waals surface area contributed by atoms with Crippen LogP contribution >= 0.6 is 0 Å². The molecule has 0 radical (unpaired) electrons. The number of rotatable bonds is 6. The van der Waals surface area contributed by atoms with Crippen LogP contribution < -0.4 is 5.73 Å². The minimum absolute atomic E-state index is 0.272. The van der Waals surface area contributed by atoms with Gasteiger partial charge in [-0.2, -0.15) is 5.26 Å². The van der Waals surface area contributed by atoms with Crippen molar-refractivity contribution in [2.75, 3.05) is 0 Å². The summed E-state index contributed by atoms with van der Waals surface area (Å²) < 4.78 is 0. The number of hydrogen-bond donors (Lipinski definition) is 1. The Morgan fingerprint density at radius 2 is 1.50 bits per heavy atom. The first-order chi connectivity index (χ1) is 23.7. The smallest absolute Gasteiger partial charge is 0.0726 e. The van der Waals surface area contributed by atoms with Gasteiger partial charge in [-0.3, -0.25) is 0 Å². The quantitative estimate of drug-likeness (QED) is 0.189. The molecule has 2 aliphatic rings. The lowest BCUT2D eigenvalue weighted by Crippen LogP contribution is -2.26. The number of benzene rings is 5. The molecule has 2 N–H and O–H groups in total. The molecule has 1 spiro atoms. The topological polar surface area (TPSA) is 62.7 Å². The zero-order valence-corrected chi connectivity index (χ0v) is 26.7. The second-order valence-corrected chi connectivity index (χ2v) is 12.2. The molecule has 1 heterocycles.